The van der Waals surface area contributed by atoms with Crippen LogP contribution in [-0.4, -0.2) is 12.2 Å². The summed E-state index contributed by atoms with van der Waals surface area (Å²) in [5, 5.41) is 10.9. The van der Waals surface area contributed by atoms with Crippen molar-refractivity contribution in [3.8, 4) is 11.5 Å². The van der Waals surface area contributed by atoms with Gasteiger partial charge in [-0.05, 0) is 23.6 Å². The van der Waals surface area contributed by atoms with Gasteiger partial charge in [-0.25, -0.2) is 0 Å². The maximum atomic E-state index is 9.64. The molecule has 0 saturated carbocycles. The lowest BCUT2D eigenvalue weighted by atomic mass is 9.82. The van der Waals surface area contributed by atoms with Crippen LogP contribution < -0.4 is 4.74 Å². The van der Waals surface area contributed by atoms with Gasteiger partial charge in [0.15, 0.2) is 0 Å². The number of fused-ring (bicyclic) bond motifs is 1. The summed E-state index contributed by atoms with van der Waals surface area (Å²) in [5.74, 6) is 0.945. The summed E-state index contributed by atoms with van der Waals surface area (Å²) in [4.78, 5) is 1.28. The number of hydrogen-bond acceptors (Lipinski definition) is 3. The van der Waals surface area contributed by atoms with Crippen molar-refractivity contribution in [2.45, 2.75) is 19.3 Å². The quantitative estimate of drug-likeness (QED) is 0.742. The number of phenols is 1. The molecule has 0 atom stereocenters. The molecule has 0 amide bonds. The van der Waals surface area contributed by atoms with Crippen LogP contribution in [-0.2, 0) is 5.41 Å². The van der Waals surface area contributed by atoms with Gasteiger partial charge in [0.25, 0.3) is 0 Å². The molecule has 2 aromatic carbocycles. The first-order chi connectivity index (χ1) is 10.0. The van der Waals surface area contributed by atoms with Crippen LogP contribution in [0.2, 0.25) is 0 Å². The largest absolute Gasteiger partial charge is 0.508 e. The molecule has 0 aliphatic heterocycles. The van der Waals surface area contributed by atoms with E-state index in [-0.39, 0.29) is 11.2 Å². The second kappa shape index (κ2) is 5.08. The molecule has 108 valence electrons. The fraction of sp³-hybridized carbons (Fsp3) is 0.222. The molecule has 3 rings (SSSR count). The van der Waals surface area contributed by atoms with E-state index >= 15 is 0 Å². The Labute approximate surface area is 128 Å². The highest BCUT2D eigenvalue weighted by Gasteiger charge is 2.28. The standard InChI is InChI=1S/C18H18O2S/c1-18(2,14-9-8-13(19)11-15(14)20-3)17-10-12-6-4-5-7-16(12)21-17/h4-11,19H,1-3H3. The Morgan fingerprint density at radius 1 is 1.05 bits per heavy atom. The minimum Gasteiger partial charge on any atom is -0.508 e. The third kappa shape index (κ3) is 2.38. The van der Waals surface area contributed by atoms with Gasteiger partial charge in [0, 0.05) is 26.6 Å². The zero-order valence-corrected chi connectivity index (χ0v) is 13.2. The van der Waals surface area contributed by atoms with Gasteiger partial charge >= 0.3 is 0 Å². The molecule has 1 N–H and O–H groups in total. The topological polar surface area (TPSA) is 29.5 Å². The minimum absolute atomic E-state index is 0.178. The summed E-state index contributed by atoms with van der Waals surface area (Å²) in [5.41, 5.74) is 0.900. The van der Waals surface area contributed by atoms with E-state index in [4.69, 9.17) is 4.74 Å². The summed E-state index contributed by atoms with van der Waals surface area (Å²) >= 11 is 1.80. The molecule has 0 saturated heterocycles. The van der Waals surface area contributed by atoms with E-state index in [2.05, 4.69) is 44.2 Å². The fourth-order valence-corrected chi connectivity index (χ4v) is 3.80. The second-order valence-corrected chi connectivity index (χ2v) is 6.74. The van der Waals surface area contributed by atoms with E-state index in [1.165, 1.54) is 15.0 Å². The van der Waals surface area contributed by atoms with Crippen molar-refractivity contribution in [1.29, 1.82) is 0 Å². The van der Waals surface area contributed by atoms with Crippen LogP contribution in [0, 0.1) is 0 Å². The van der Waals surface area contributed by atoms with Gasteiger partial charge in [-0.2, -0.15) is 0 Å². The van der Waals surface area contributed by atoms with E-state index in [9.17, 15) is 5.11 Å². The van der Waals surface area contributed by atoms with E-state index in [1.54, 1.807) is 30.6 Å². The van der Waals surface area contributed by atoms with Gasteiger partial charge in [-0.1, -0.05) is 38.1 Å². The van der Waals surface area contributed by atoms with Crippen LogP contribution in [0.5, 0.6) is 11.5 Å². The van der Waals surface area contributed by atoms with Gasteiger partial charge in [-0.3, -0.25) is 0 Å². The lowest BCUT2D eigenvalue weighted by Crippen LogP contribution is -2.18. The Bertz CT molecular complexity index is 754. The summed E-state index contributed by atoms with van der Waals surface area (Å²) in [7, 11) is 1.64. The molecular formula is C18H18O2S. The van der Waals surface area contributed by atoms with Gasteiger partial charge in [0.05, 0.1) is 7.11 Å². The van der Waals surface area contributed by atoms with Gasteiger partial charge in [-0.15, -0.1) is 11.3 Å². The van der Waals surface area contributed by atoms with Crippen LogP contribution in [0.3, 0.4) is 0 Å². The Morgan fingerprint density at radius 3 is 2.52 bits per heavy atom. The molecule has 0 radical (unpaired) electrons. The Balaban J connectivity index is 2.15. The normalized spacial score (nSPS) is 11.8. The van der Waals surface area contributed by atoms with E-state index in [0.29, 0.717) is 0 Å². The fourth-order valence-electron chi connectivity index (χ4n) is 2.62. The molecule has 0 aliphatic carbocycles. The Kier molecular flexibility index (Phi) is 3.38. The maximum absolute atomic E-state index is 9.64. The number of rotatable bonds is 3. The number of hydrogen-bond donors (Lipinski definition) is 1. The van der Waals surface area contributed by atoms with Gasteiger partial charge < -0.3 is 9.84 Å². The van der Waals surface area contributed by atoms with Crippen molar-refractivity contribution in [2.75, 3.05) is 7.11 Å². The third-order valence-corrected chi connectivity index (χ3v) is 5.34. The second-order valence-electron chi connectivity index (χ2n) is 5.66. The number of methoxy groups -OCH3 is 1. The van der Waals surface area contributed by atoms with Crippen molar-refractivity contribution in [3.05, 3.63) is 59.0 Å². The minimum atomic E-state index is -0.178. The highest BCUT2D eigenvalue weighted by Crippen LogP contribution is 2.43. The number of ether oxygens (including phenoxy) is 1. The van der Waals surface area contributed by atoms with Crippen molar-refractivity contribution >= 4 is 21.4 Å². The van der Waals surface area contributed by atoms with Crippen LogP contribution in [0.15, 0.2) is 48.5 Å². The molecule has 2 nitrogen and oxygen atoms in total. The van der Waals surface area contributed by atoms with Crippen LogP contribution in [0.1, 0.15) is 24.3 Å². The van der Waals surface area contributed by atoms with Crippen molar-refractivity contribution < 1.29 is 9.84 Å². The average molecular weight is 298 g/mol. The molecule has 3 aromatic rings. The zero-order chi connectivity index (χ0) is 15.0. The van der Waals surface area contributed by atoms with Crippen LogP contribution in [0.25, 0.3) is 10.1 Å². The smallest absolute Gasteiger partial charge is 0.126 e. The first kappa shape index (κ1) is 14.0. The lowest BCUT2D eigenvalue weighted by Gasteiger charge is -2.26. The predicted molar refractivity (Wildman–Crippen MR) is 88.6 cm³/mol. The van der Waals surface area contributed by atoms with Gasteiger partial charge in [0.2, 0.25) is 0 Å². The SMILES string of the molecule is COc1cc(O)ccc1C(C)(C)c1cc2ccccc2s1. The summed E-state index contributed by atoms with van der Waals surface area (Å²) < 4.78 is 6.74. The van der Waals surface area contributed by atoms with E-state index in [1.807, 2.05) is 6.07 Å². The zero-order valence-electron chi connectivity index (χ0n) is 12.4. The number of benzene rings is 2. The monoisotopic (exact) mass is 298 g/mol. The van der Waals surface area contributed by atoms with E-state index < -0.39 is 0 Å². The van der Waals surface area contributed by atoms with Crippen molar-refractivity contribution in [3.63, 3.8) is 0 Å². The van der Waals surface area contributed by atoms with Crippen LogP contribution in [0.4, 0.5) is 0 Å². The lowest BCUT2D eigenvalue weighted by molar-refractivity contribution is 0.395. The van der Waals surface area contributed by atoms with E-state index in [0.717, 1.165) is 11.3 Å². The average Bonchev–Trinajstić information content (AvgIpc) is 2.91. The predicted octanol–water partition coefficient (Wildman–Crippen LogP) is 4.94. The molecule has 0 fully saturated rings. The molecule has 0 unspecified atom stereocenters. The summed E-state index contributed by atoms with van der Waals surface area (Å²) in [6.45, 7) is 4.37. The molecule has 1 heterocycles. The van der Waals surface area contributed by atoms with Gasteiger partial charge in [0.1, 0.15) is 11.5 Å². The molecule has 3 heteroatoms. The number of aromatic hydroxyl groups is 1. The molecule has 0 aliphatic rings. The molecule has 0 bridgehead atoms. The first-order valence-corrected chi connectivity index (χ1v) is 7.70. The molecule has 1 aromatic heterocycles. The summed E-state index contributed by atoms with van der Waals surface area (Å²) in [6.07, 6.45) is 0. The molecular weight excluding hydrogens is 280 g/mol. The van der Waals surface area contributed by atoms with Crippen LogP contribution >= 0.6 is 11.3 Å². The summed E-state index contributed by atoms with van der Waals surface area (Å²) in [6, 6.07) is 16.0. The van der Waals surface area contributed by atoms with Crippen molar-refractivity contribution in [1.82, 2.24) is 0 Å². The maximum Gasteiger partial charge on any atom is 0.126 e. The molecule has 21 heavy (non-hydrogen) atoms. The highest BCUT2D eigenvalue weighted by atomic mass is 32.1. The molecule has 0 spiro atoms. The van der Waals surface area contributed by atoms with Crippen molar-refractivity contribution in [2.24, 2.45) is 0 Å². The first-order valence-electron chi connectivity index (χ1n) is 6.89. The number of thiophene rings is 1. The Hall–Kier alpha value is -2.00. The third-order valence-electron chi connectivity index (χ3n) is 3.90. The highest BCUT2D eigenvalue weighted by molar-refractivity contribution is 7.19. The number of phenolic OH excluding ortho intramolecular Hbond substituents is 1. The Morgan fingerprint density at radius 2 is 1.81 bits per heavy atom.